The van der Waals surface area contributed by atoms with Gasteiger partial charge in [-0.15, -0.1) is 0 Å². The lowest BCUT2D eigenvalue weighted by Crippen LogP contribution is -2.21. The monoisotopic (exact) mass is 235 g/mol. The Hall–Kier alpha value is -1.55. The highest BCUT2D eigenvalue weighted by Gasteiger charge is 2.33. The van der Waals surface area contributed by atoms with E-state index in [1.807, 2.05) is 25.1 Å². The molecule has 1 heterocycles. The molecule has 0 aromatic heterocycles. The minimum Gasteiger partial charge on any atom is -0.496 e. The second kappa shape index (κ2) is 4.75. The zero-order valence-corrected chi connectivity index (χ0v) is 10.1. The molecule has 0 bridgehead atoms. The molecule has 2 rings (SSSR count). The van der Waals surface area contributed by atoms with Crippen LogP contribution in [0.15, 0.2) is 18.2 Å². The summed E-state index contributed by atoms with van der Waals surface area (Å²) in [5.41, 5.74) is 2.11. The molecule has 2 N–H and O–H groups in total. The summed E-state index contributed by atoms with van der Waals surface area (Å²) in [6, 6.07) is 5.88. The molecule has 1 saturated heterocycles. The third-order valence-corrected chi connectivity index (χ3v) is 3.38. The van der Waals surface area contributed by atoms with Crippen LogP contribution in [0.1, 0.15) is 17.0 Å². The number of hydrogen-bond donors (Lipinski definition) is 2. The third-order valence-electron chi connectivity index (χ3n) is 3.38. The molecule has 0 aliphatic carbocycles. The van der Waals surface area contributed by atoms with Crippen LogP contribution in [-0.4, -0.2) is 31.3 Å². The van der Waals surface area contributed by atoms with E-state index in [0.29, 0.717) is 6.54 Å². The number of ether oxygens (including phenoxy) is 1. The molecule has 1 aromatic rings. The van der Waals surface area contributed by atoms with Gasteiger partial charge in [0.1, 0.15) is 5.75 Å². The van der Waals surface area contributed by atoms with Gasteiger partial charge < -0.3 is 15.2 Å². The Morgan fingerprint density at radius 3 is 2.82 bits per heavy atom. The van der Waals surface area contributed by atoms with Crippen molar-refractivity contribution in [2.75, 3.05) is 20.2 Å². The van der Waals surface area contributed by atoms with Crippen molar-refractivity contribution in [1.82, 2.24) is 5.32 Å². The fraction of sp³-hybridized carbons (Fsp3) is 0.462. The van der Waals surface area contributed by atoms with Crippen molar-refractivity contribution in [2.45, 2.75) is 12.8 Å². The van der Waals surface area contributed by atoms with E-state index >= 15 is 0 Å². The zero-order chi connectivity index (χ0) is 12.4. The molecule has 4 nitrogen and oxygen atoms in total. The Labute approximate surface area is 101 Å². The summed E-state index contributed by atoms with van der Waals surface area (Å²) in [7, 11) is 1.64. The lowest BCUT2D eigenvalue weighted by Gasteiger charge is -2.16. The van der Waals surface area contributed by atoms with Crippen molar-refractivity contribution in [3.05, 3.63) is 29.3 Å². The van der Waals surface area contributed by atoms with Gasteiger partial charge in [-0.1, -0.05) is 12.1 Å². The standard InChI is InChI=1S/C13H17NO3/c1-8-5-9(3-4-12(8)17-2)10-6-14-7-11(10)13(15)16/h3-5,10-11,14H,6-7H2,1-2H3,(H,15,16). The van der Waals surface area contributed by atoms with E-state index in [1.165, 1.54) is 0 Å². The van der Waals surface area contributed by atoms with Gasteiger partial charge in [-0.25, -0.2) is 0 Å². The number of nitrogens with one attached hydrogen (secondary N) is 1. The smallest absolute Gasteiger partial charge is 0.308 e. The van der Waals surface area contributed by atoms with Gasteiger partial charge in [0.15, 0.2) is 0 Å². The lowest BCUT2D eigenvalue weighted by atomic mass is 9.88. The number of rotatable bonds is 3. The number of aliphatic carboxylic acids is 1. The van der Waals surface area contributed by atoms with Crippen LogP contribution in [0, 0.1) is 12.8 Å². The molecule has 1 aromatic carbocycles. The van der Waals surface area contributed by atoms with Crippen molar-refractivity contribution in [3.63, 3.8) is 0 Å². The average Bonchev–Trinajstić information content (AvgIpc) is 2.77. The van der Waals surface area contributed by atoms with Crippen LogP contribution in [0.5, 0.6) is 5.75 Å². The van der Waals surface area contributed by atoms with Crippen LogP contribution in [0.4, 0.5) is 0 Å². The minimum atomic E-state index is -0.728. The number of hydrogen-bond acceptors (Lipinski definition) is 3. The van der Waals surface area contributed by atoms with Gasteiger partial charge in [-0.2, -0.15) is 0 Å². The Balaban J connectivity index is 2.27. The summed E-state index contributed by atoms with van der Waals surface area (Å²) in [6.45, 7) is 3.24. The molecule has 0 saturated carbocycles. The van der Waals surface area contributed by atoms with Crippen molar-refractivity contribution in [1.29, 1.82) is 0 Å². The summed E-state index contributed by atoms with van der Waals surface area (Å²) in [5.74, 6) is -0.167. The van der Waals surface area contributed by atoms with E-state index in [9.17, 15) is 4.79 Å². The number of carboxylic acid groups (broad SMARTS) is 1. The highest BCUT2D eigenvalue weighted by Crippen LogP contribution is 2.31. The van der Waals surface area contributed by atoms with Crippen molar-refractivity contribution >= 4 is 5.97 Å². The largest absolute Gasteiger partial charge is 0.496 e. The summed E-state index contributed by atoms with van der Waals surface area (Å²) >= 11 is 0. The van der Waals surface area contributed by atoms with Crippen LogP contribution in [0.3, 0.4) is 0 Å². The van der Waals surface area contributed by atoms with Gasteiger partial charge in [-0.05, 0) is 24.1 Å². The molecule has 0 radical (unpaired) electrons. The van der Waals surface area contributed by atoms with Gasteiger partial charge in [0.25, 0.3) is 0 Å². The average molecular weight is 235 g/mol. The maximum absolute atomic E-state index is 11.1. The Morgan fingerprint density at radius 2 is 2.24 bits per heavy atom. The Kier molecular flexibility index (Phi) is 3.33. The predicted molar refractivity (Wildman–Crippen MR) is 64.5 cm³/mol. The van der Waals surface area contributed by atoms with Crippen molar-refractivity contribution < 1.29 is 14.6 Å². The number of carbonyl (C=O) groups is 1. The first-order valence-corrected chi connectivity index (χ1v) is 5.71. The second-order valence-electron chi connectivity index (χ2n) is 4.44. The molecule has 2 unspecified atom stereocenters. The van der Waals surface area contributed by atoms with Gasteiger partial charge in [0.05, 0.1) is 13.0 Å². The normalized spacial score (nSPS) is 23.6. The fourth-order valence-corrected chi connectivity index (χ4v) is 2.42. The summed E-state index contributed by atoms with van der Waals surface area (Å²) in [6.07, 6.45) is 0. The first-order chi connectivity index (χ1) is 8.13. The number of carboxylic acids is 1. The van der Waals surface area contributed by atoms with E-state index in [-0.39, 0.29) is 11.8 Å². The minimum absolute atomic E-state index is 0.0529. The third kappa shape index (κ3) is 2.26. The lowest BCUT2D eigenvalue weighted by molar-refractivity contribution is -0.141. The van der Waals surface area contributed by atoms with E-state index in [2.05, 4.69) is 5.32 Å². The number of aryl methyl sites for hydroxylation is 1. The molecule has 17 heavy (non-hydrogen) atoms. The fourth-order valence-electron chi connectivity index (χ4n) is 2.42. The van der Waals surface area contributed by atoms with Crippen LogP contribution in [0.2, 0.25) is 0 Å². The van der Waals surface area contributed by atoms with Crippen LogP contribution in [0.25, 0.3) is 0 Å². The first-order valence-electron chi connectivity index (χ1n) is 5.71. The second-order valence-corrected chi connectivity index (χ2v) is 4.44. The van der Waals surface area contributed by atoms with Gasteiger partial charge in [-0.3, -0.25) is 4.79 Å². The van der Waals surface area contributed by atoms with E-state index in [4.69, 9.17) is 9.84 Å². The molecule has 1 aliphatic rings. The van der Waals surface area contributed by atoms with Gasteiger partial charge in [0, 0.05) is 19.0 Å². The van der Waals surface area contributed by atoms with Gasteiger partial charge in [0.2, 0.25) is 0 Å². The number of methoxy groups -OCH3 is 1. The number of benzene rings is 1. The molecule has 92 valence electrons. The quantitative estimate of drug-likeness (QED) is 0.831. The van der Waals surface area contributed by atoms with Gasteiger partial charge >= 0.3 is 5.97 Å². The van der Waals surface area contributed by atoms with Crippen molar-refractivity contribution in [2.24, 2.45) is 5.92 Å². The van der Waals surface area contributed by atoms with E-state index in [1.54, 1.807) is 7.11 Å². The molecule has 0 amide bonds. The molecule has 1 aliphatic heterocycles. The molecule has 4 heteroatoms. The topological polar surface area (TPSA) is 58.6 Å². The van der Waals surface area contributed by atoms with E-state index < -0.39 is 5.97 Å². The molecule has 1 fully saturated rings. The molecular weight excluding hydrogens is 218 g/mol. The highest BCUT2D eigenvalue weighted by molar-refractivity contribution is 5.72. The summed E-state index contributed by atoms with van der Waals surface area (Å²) < 4.78 is 5.20. The Morgan fingerprint density at radius 1 is 1.47 bits per heavy atom. The predicted octanol–water partition coefficient (Wildman–Crippen LogP) is 1.39. The maximum atomic E-state index is 11.1. The van der Waals surface area contributed by atoms with Crippen LogP contribution in [-0.2, 0) is 4.79 Å². The van der Waals surface area contributed by atoms with E-state index in [0.717, 1.165) is 23.4 Å². The van der Waals surface area contributed by atoms with Crippen molar-refractivity contribution in [3.8, 4) is 5.75 Å². The first kappa shape index (κ1) is 11.9. The SMILES string of the molecule is COc1ccc(C2CNCC2C(=O)O)cc1C. The van der Waals surface area contributed by atoms with Crippen LogP contribution < -0.4 is 10.1 Å². The summed E-state index contributed by atoms with van der Waals surface area (Å²) in [4.78, 5) is 11.1. The maximum Gasteiger partial charge on any atom is 0.308 e. The molecular formula is C13H17NO3. The molecule has 2 atom stereocenters. The molecule has 0 spiro atoms. The summed E-state index contributed by atoms with van der Waals surface area (Å²) in [5, 5.41) is 12.3. The Bertz CT molecular complexity index is 431. The van der Waals surface area contributed by atoms with Crippen LogP contribution >= 0.6 is 0 Å². The highest BCUT2D eigenvalue weighted by atomic mass is 16.5. The zero-order valence-electron chi connectivity index (χ0n) is 10.1.